The Labute approximate surface area is 131 Å². The molecule has 1 aromatic heterocycles. The Balaban J connectivity index is 1.97. The molecule has 118 valence electrons. The van der Waals surface area contributed by atoms with Crippen molar-refractivity contribution in [3.05, 3.63) is 23.9 Å². The van der Waals surface area contributed by atoms with E-state index >= 15 is 0 Å². The Morgan fingerprint density at radius 1 is 1.50 bits per heavy atom. The zero-order valence-electron chi connectivity index (χ0n) is 13.5. The summed E-state index contributed by atoms with van der Waals surface area (Å²) in [5.41, 5.74) is 0.0589. The average Bonchev–Trinajstić information content (AvgIpc) is 2.94. The molecule has 0 saturated carbocycles. The predicted octanol–water partition coefficient (Wildman–Crippen LogP) is 2.40. The number of likely N-dealkylation sites (N-methyl/N-ethyl adjacent to an activating group) is 1. The molecule has 1 unspecified atom stereocenters. The molecule has 1 amide bonds. The van der Waals surface area contributed by atoms with Gasteiger partial charge in [-0.2, -0.15) is 5.26 Å². The maximum absolute atomic E-state index is 12.1. The van der Waals surface area contributed by atoms with E-state index < -0.39 is 5.60 Å². The van der Waals surface area contributed by atoms with E-state index in [0.717, 1.165) is 18.8 Å². The standard InChI is InChI=1S/C16H22N4O2/c1-16(2,3)22-15(21)19(4)13-7-8-20(11-13)14-6-5-12(9-17)10-18-14/h5-6,10,13H,7-8,11H2,1-4H3. The van der Waals surface area contributed by atoms with Crippen LogP contribution in [-0.4, -0.2) is 47.8 Å². The lowest BCUT2D eigenvalue weighted by molar-refractivity contribution is 0.0238. The number of nitriles is 1. The number of aromatic nitrogens is 1. The Kier molecular flexibility index (Phi) is 4.55. The third kappa shape index (κ3) is 3.88. The van der Waals surface area contributed by atoms with Gasteiger partial charge in [0, 0.05) is 26.3 Å². The third-order valence-electron chi connectivity index (χ3n) is 3.59. The molecule has 6 heteroatoms. The van der Waals surface area contributed by atoms with Crippen LogP contribution in [0.5, 0.6) is 0 Å². The number of ether oxygens (including phenoxy) is 1. The van der Waals surface area contributed by atoms with E-state index in [-0.39, 0.29) is 12.1 Å². The van der Waals surface area contributed by atoms with Crippen LogP contribution in [0.3, 0.4) is 0 Å². The number of amides is 1. The van der Waals surface area contributed by atoms with E-state index in [9.17, 15) is 4.79 Å². The maximum atomic E-state index is 12.1. The van der Waals surface area contributed by atoms with Crippen molar-refractivity contribution in [1.29, 1.82) is 5.26 Å². The largest absolute Gasteiger partial charge is 0.444 e. The van der Waals surface area contributed by atoms with Gasteiger partial charge in [0.2, 0.25) is 0 Å². The third-order valence-corrected chi connectivity index (χ3v) is 3.59. The first-order chi connectivity index (χ1) is 10.3. The smallest absolute Gasteiger partial charge is 0.410 e. The van der Waals surface area contributed by atoms with E-state index in [0.29, 0.717) is 12.1 Å². The van der Waals surface area contributed by atoms with Crippen LogP contribution in [0.4, 0.5) is 10.6 Å². The molecule has 6 nitrogen and oxygen atoms in total. The molecule has 0 aliphatic carbocycles. The molecule has 1 aliphatic heterocycles. The normalized spacial score (nSPS) is 18.0. The Morgan fingerprint density at radius 3 is 2.77 bits per heavy atom. The Hall–Kier alpha value is -2.29. The summed E-state index contributed by atoms with van der Waals surface area (Å²) in [5.74, 6) is 0.832. The SMILES string of the molecule is CN(C(=O)OC(C)(C)C)C1CCN(c2ccc(C#N)cn2)C1. The van der Waals surface area contributed by atoms with Crippen molar-refractivity contribution in [1.82, 2.24) is 9.88 Å². The number of carbonyl (C=O) groups is 1. The van der Waals surface area contributed by atoms with Gasteiger partial charge in [0.25, 0.3) is 0 Å². The molecule has 1 aromatic rings. The lowest BCUT2D eigenvalue weighted by Crippen LogP contribution is -2.42. The minimum absolute atomic E-state index is 0.104. The summed E-state index contributed by atoms with van der Waals surface area (Å²) >= 11 is 0. The van der Waals surface area contributed by atoms with Crippen LogP contribution in [0.15, 0.2) is 18.3 Å². The summed E-state index contributed by atoms with van der Waals surface area (Å²) in [5, 5.41) is 8.80. The van der Waals surface area contributed by atoms with Crippen LogP contribution < -0.4 is 4.90 Å². The zero-order chi connectivity index (χ0) is 16.3. The predicted molar refractivity (Wildman–Crippen MR) is 83.6 cm³/mol. The summed E-state index contributed by atoms with van der Waals surface area (Å²) in [4.78, 5) is 20.2. The van der Waals surface area contributed by atoms with Gasteiger partial charge in [-0.1, -0.05) is 0 Å². The van der Waals surface area contributed by atoms with E-state index in [1.165, 1.54) is 0 Å². The van der Waals surface area contributed by atoms with Crippen LogP contribution in [0.1, 0.15) is 32.8 Å². The van der Waals surface area contributed by atoms with Crippen molar-refractivity contribution in [2.24, 2.45) is 0 Å². The highest BCUT2D eigenvalue weighted by atomic mass is 16.6. The molecule has 0 N–H and O–H groups in total. The second-order valence-corrected chi connectivity index (χ2v) is 6.50. The van der Waals surface area contributed by atoms with Crippen molar-refractivity contribution >= 4 is 11.9 Å². The highest BCUT2D eigenvalue weighted by Gasteiger charge is 2.31. The number of anilines is 1. The molecule has 0 aromatic carbocycles. The lowest BCUT2D eigenvalue weighted by Gasteiger charge is -2.28. The fourth-order valence-electron chi connectivity index (χ4n) is 2.39. The average molecular weight is 302 g/mol. The molecular weight excluding hydrogens is 280 g/mol. The van der Waals surface area contributed by atoms with Gasteiger partial charge in [-0.05, 0) is 39.3 Å². The molecule has 0 spiro atoms. The fourth-order valence-corrected chi connectivity index (χ4v) is 2.39. The Morgan fingerprint density at radius 2 is 2.23 bits per heavy atom. The summed E-state index contributed by atoms with van der Waals surface area (Å²) < 4.78 is 5.40. The van der Waals surface area contributed by atoms with E-state index in [1.54, 1.807) is 24.2 Å². The van der Waals surface area contributed by atoms with Crippen molar-refractivity contribution in [3.63, 3.8) is 0 Å². The van der Waals surface area contributed by atoms with Gasteiger partial charge in [-0.25, -0.2) is 9.78 Å². The highest BCUT2D eigenvalue weighted by molar-refractivity contribution is 5.68. The second kappa shape index (κ2) is 6.22. The van der Waals surface area contributed by atoms with Crippen LogP contribution in [-0.2, 0) is 4.74 Å². The molecule has 22 heavy (non-hydrogen) atoms. The molecule has 2 rings (SSSR count). The molecule has 0 radical (unpaired) electrons. The summed E-state index contributed by atoms with van der Waals surface area (Å²) in [6, 6.07) is 5.76. The van der Waals surface area contributed by atoms with Gasteiger partial charge >= 0.3 is 6.09 Å². The van der Waals surface area contributed by atoms with Gasteiger partial charge in [0.15, 0.2) is 0 Å². The molecule has 0 bridgehead atoms. The van der Waals surface area contributed by atoms with Gasteiger partial charge in [-0.15, -0.1) is 0 Å². The first-order valence-corrected chi connectivity index (χ1v) is 7.37. The molecule has 1 atom stereocenters. The Bertz CT molecular complexity index is 571. The molecule has 1 aliphatic rings. The second-order valence-electron chi connectivity index (χ2n) is 6.50. The van der Waals surface area contributed by atoms with Crippen LogP contribution in [0.25, 0.3) is 0 Å². The molecule has 1 fully saturated rings. The number of hydrogen-bond donors (Lipinski definition) is 0. The zero-order valence-corrected chi connectivity index (χ0v) is 13.5. The maximum Gasteiger partial charge on any atom is 0.410 e. The van der Waals surface area contributed by atoms with Crippen molar-refractivity contribution < 1.29 is 9.53 Å². The minimum Gasteiger partial charge on any atom is -0.444 e. The summed E-state index contributed by atoms with van der Waals surface area (Å²) in [6.07, 6.45) is 2.14. The minimum atomic E-state index is -0.488. The summed E-state index contributed by atoms with van der Waals surface area (Å²) in [6.45, 7) is 7.13. The van der Waals surface area contributed by atoms with Crippen molar-refractivity contribution in [2.45, 2.75) is 38.8 Å². The molecular formula is C16H22N4O2. The van der Waals surface area contributed by atoms with Crippen LogP contribution >= 0.6 is 0 Å². The van der Waals surface area contributed by atoms with Gasteiger partial charge in [-0.3, -0.25) is 0 Å². The summed E-state index contributed by atoms with van der Waals surface area (Å²) in [7, 11) is 1.77. The monoisotopic (exact) mass is 302 g/mol. The van der Waals surface area contributed by atoms with Crippen molar-refractivity contribution in [3.8, 4) is 6.07 Å². The van der Waals surface area contributed by atoms with Gasteiger partial charge in [0.1, 0.15) is 17.5 Å². The van der Waals surface area contributed by atoms with E-state index in [2.05, 4.69) is 16.0 Å². The van der Waals surface area contributed by atoms with E-state index in [4.69, 9.17) is 10.00 Å². The first-order valence-electron chi connectivity index (χ1n) is 7.37. The van der Waals surface area contributed by atoms with Crippen LogP contribution in [0.2, 0.25) is 0 Å². The highest BCUT2D eigenvalue weighted by Crippen LogP contribution is 2.22. The number of carbonyl (C=O) groups excluding carboxylic acids is 1. The number of hydrogen-bond acceptors (Lipinski definition) is 5. The fraction of sp³-hybridized carbons (Fsp3) is 0.562. The van der Waals surface area contributed by atoms with Gasteiger partial charge < -0.3 is 14.5 Å². The number of nitrogens with zero attached hydrogens (tertiary/aromatic N) is 4. The van der Waals surface area contributed by atoms with Crippen molar-refractivity contribution in [2.75, 3.05) is 25.0 Å². The molecule has 1 saturated heterocycles. The molecule has 2 heterocycles. The first kappa shape index (κ1) is 16.1. The number of rotatable bonds is 2. The lowest BCUT2D eigenvalue weighted by atomic mass is 10.2. The van der Waals surface area contributed by atoms with Crippen LogP contribution in [0, 0.1) is 11.3 Å². The topological polar surface area (TPSA) is 69.5 Å². The van der Waals surface area contributed by atoms with E-state index in [1.807, 2.05) is 26.8 Å². The number of pyridine rings is 1. The van der Waals surface area contributed by atoms with Gasteiger partial charge in [0.05, 0.1) is 11.6 Å². The quantitative estimate of drug-likeness (QED) is 0.839.